The van der Waals surface area contributed by atoms with Crippen molar-refractivity contribution in [2.75, 3.05) is 0 Å². The molecule has 0 atom stereocenters. The summed E-state index contributed by atoms with van der Waals surface area (Å²) in [5, 5.41) is 2.66. The summed E-state index contributed by atoms with van der Waals surface area (Å²) in [5.41, 5.74) is 8.70. The van der Waals surface area contributed by atoms with Crippen LogP contribution < -0.4 is 0 Å². The maximum Gasteiger partial charge on any atom is -0.0809 e. The molecule has 4 aromatic carbocycles. The van der Waals surface area contributed by atoms with E-state index in [9.17, 15) is 0 Å². The summed E-state index contributed by atoms with van der Waals surface area (Å²) >= 11 is 1.55. The Morgan fingerprint density at radius 3 is 2.09 bits per heavy atom. The van der Waals surface area contributed by atoms with Crippen LogP contribution in [0, 0.1) is 6.07 Å². The van der Waals surface area contributed by atoms with Gasteiger partial charge in [0.05, 0.1) is 0 Å². The first-order valence-corrected chi connectivity index (χ1v) is 13.4. The molecule has 174 valence electrons. The van der Waals surface area contributed by atoms with Crippen LogP contribution in [0.2, 0.25) is 0 Å². The normalized spacial score (nSPS) is 12.2. The SMILES string of the molecule is CC(C)(C)c1[c-]c2c(cc1)-c1ccc(C(C)(C)C)cc1C2.C[C](C)=[Zr+2].c1ccc2[cH-]ccc2c1. The molecule has 0 bridgehead atoms. The molecule has 0 amide bonds. The third-order valence-corrected chi connectivity index (χ3v) is 6.01. The van der Waals surface area contributed by atoms with E-state index >= 15 is 0 Å². The summed E-state index contributed by atoms with van der Waals surface area (Å²) in [6, 6.07) is 29.8. The van der Waals surface area contributed by atoms with E-state index in [4.69, 9.17) is 0 Å². The van der Waals surface area contributed by atoms with Gasteiger partial charge >= 0.3 is 41.3 Å². The Bertz CT molecular complexity index is 1180. The van der Waals surface area contributed by atoms with Crippen LogP contribution in [0.1, 0.15) is 77.6 Å². The summed E-state index contributed by atoms with van der Waals surface area (Å²) in [6.45, 7) is 17.8. The monoisotopic (exact) mass is 524 g/mol. The van der Waals surface area contributed by atoms with E-state index < -0.39 is 0 Å². The largest absolute Gasteiger partial charge is 0.168 e. The Morgan fingerprint density at radius 1 is 0.824 bits per heavy atom. The van der Waals surface area contributed by atoms with Gasteiger partial charge in [-0.05, 0) is 28.4 Å². The fourth-order valence-corrected chi connectivity index (χ4v) is 4.10. The predicted molar refractivity (Wildman–Crippen MR) is 147 cm³/mol. The van der Waals surface area contributed by atoms with Crippen LogP contribution >= 0.6 is 0 Å². The predicted octanol–water partition coefficient (Wildman–Crippen LogP) is 8.96. The van der Waals surface area contributed by atoms with Crippen LogP contribution in [-0.2, 0) is 41.5 Å². The van der Waals surface area contributed by atoms with Gasteiger partial charge in [0, 0.05) is 0 Å². The summed E-state index contributed by atoms with van der Waals surface area (Å²) in [5.74, 6) is 0. The van der Waals surface area contributed by atoms with Crippen molar-refractivity contribution in [1.82, 2.24) is 0 Å². The van der Waals surface area contributed by atoms with Crippen molar-refractivity contribution in [3.63, 3.8) is 0 Å². The van der Waals surface area contributed by atoms with Gasteiger partial charge in [0.1, 0.15) is 0 Å². The number of rotatable bonds is 0. The minimum absolute atomic E-state index is 0.167. The van der Waals surface area contributed by atoms with Crippen LogP contribution in [0.3, 0.4) is 0 Å². The molecule has 1 aliphatic rings. The van der Waals surface area contributed by atoms with Crippen LogP contribution in [0.4, 0.5) is 0 Å². The summed E-state index contributed by atoms with van der Waals surface area (Å²) in [6.07, 6.45) is 1.03. The molecule has 34 heavy (non-hydrogen) atoms. The molecule has 0 fully saturated rings. The Hall–Kier alpha value is -1.98. The Kier molecular flexibility index (Phi) is 8.41. The molecule has 0 aliphatic heterocycles. The third-order valence-electron chi connectivity index (χ3n) is 6.01. The third kappa shape index (κ3) is 6.79. The molecule has 0 N–H and O–H groups in total. The maximum atomic E-state index is 3.67. The van der Waals surface area contributed by atoms with Crippen molar-refractivity contribution in [1.29, 1.82) is 0 Å². The quantitative estimate of drug-likeness (QED) is 0.177. The maximum absolute atomic E-state index is 3.67. The second-order valence-corrected chi connectivity index (χ2v) is 13.9. The first kappa shape index (κ1) is 26.6. The first-order valence-electron chi connectivity index (χ1n) is 12.2. The van der Waals surface area contributed by atoms with E-state index in [1.165, 1.54) is 47.4 Å². The average molecular weight is 526 g/mol. The van der Waals surface area contributed by atoms with Crippen molar-refractivity contribution < 1.29 is 24.2 Å². The fraction of sp³-hybridized carbons (Fsp3) is 0.333. The van der Waals surface area contributed by atoms with Crippen LogP contribution in [0.25, 0.3) is 21.9 Å². The van der Waals surface area contributed by atoms with Gasteiger partial charge in [-0.1, -0.05) is 71.4 Å². The van der Waals surface area contributed by atoms with Gasteiger partial charge in [0.15, 0.2) is 0 Å². The van der Waals surface area contributed by atoms with Crippen LogP contribution in [0.15, 0.2) is 72.8 Å². The molecule has 5 rings (SSSR count). The van der Waals surface area contributed by atoms with E-state index in [1.54, 1.807) is 24.2 Å². The molecule has 0 unspecified atom stereocenters. The minimum atomic E-state index is 0.167. The first-order chi connectivity index (χ1) is 15.9. The molecular formula is C33H38Zr. The summed E-state index contributed by atoms with van der Waals surface area (Å²) in [4.78, 5) is 0. The molecular weight excluding hydrogens is 488 g/mol. The van der Waals surface area contributed by atoms with Crippen molar-refractivity contribution in [2.24, 2.45) is 0 Å². The Labute approximate surface area is 222 Å². The Balaban J connectivity index is 0.000000204. The van der Waals surface area contributed by atoms with Gasteiger partial charge in [-0.25, -0.2) is 0 Å². The Morgan fingerprint density at radius 2 is 1.47 bits per heavy atom. The second-order valence-electron chi connectivity index (χ2n) is 11.5. The number of hydrogen-bond acceptors (Lipinski definition) is 0. The van der Waals surface area contributed by atoms with Gasteiger partial charge in [0.2, 0.25) is 0 Å². The molecule has 0 saturated heterocycles. The average Bonchev–Trinajstić information content (AvgIpc) is 3.36. The second kappa shape index (κ2) is 10.7. The van der Waals surface area contributed by atoms with Gasteiger partial charge in [-0.15, -0.1) is 40.8 Å². The van der Waals surface area contributed by atoms with Gasteiger partial charge in [-0.2, -0.15) is 41.3 Å². The van der Waals surface area contributed by atoms with E-state index in [2.05, 4.69) is 134 Å². The smallest absolute Gasteiger partial charge is 0.0809 e. The number of fused-ring (bicyclic) bond motifs is 4. The van der Waals surface area contributed by atoms with E-state index in [0.29, 0.717) is 0 Å². The number of hydrogen-bond donors (Lipinski definition) is 0. The molecule has 0 radical (unpaired) electrons. The molecule has 0 spiro atoms. The van der Waals surface area contributed by atoms with Gasteiger partial charge in [-0.3, -0.25) is 0 Å². The molecule has 0 heterocycles. The molecule has 1 heteroatoms. The molecule has 4 aromatic rings. The van der Waals surface area contributed by atoms with Crippen LogP contribution in [-0.4, -0.2) is 3.21 Å². The van der Waals surface area contributed by atoms with Crippen molar-refractivity contribution in [3.05, 3.63) is 101 Å². The molecule has 0 saturated carbocycles. The van der Waals surface area contributed by atoms with E-state index in [0.717, 1.165) is 6.42 Å². The summed E-state index contributed by atoms with van der Waals surface area (Å²) < 4.78 is 1.51. The van der Waals surface area contributed by atoms with Crippen LogP contribution in [0.5, 0.6) is 0 Å². The fourth-order valence-electron chi connectivity index (χ4n) is 4.10. The topological polar surface area (TPSA) is 0 Å². The zero-order valence-corrected chi connectivity index (χ0v) is 24.6. The summed E-state index contributed by atoms with van der Waals surface area (Å²) in [7, 11) is 0. The van der Waals surface area contributed by atoms with Gasteiger partial charge in [0.25, 0.3) is 0 Å². The van der Waals surface area contributed by atoms with Gasteiger partial charge < -0.3 is 0 Å². The zero-order valence-electron chi connectivity index (χ0n) is 22.1. The van der Waals surface area contributed by atoms with E-state index in [-0.39, 0.29) is 10.8 Å². The number of benzene rings is 3. The standard InChI is InChI=1S/C21H25.C9H7.C3H6.Zr/c1-20(2,3)16-7-9-18-14(12-16)11-15-13-17(21(4,5)6)8-10-19(15)18;1-2-5-9-7-3-6-8(9)4-1;1-3-2;/h7-10,12H,11H2,1-6H3;1-7H;1-2H3;/q2*-1;;+2. The van der Waals surface area contributed by atoms with Crippen molar-refractivity contribution >= 4 is 14.0 Å². The van der Waals surface area contributed by atoms with Crippen molar-refractivity contribution in [3.8, 4) is 11.1 Å². The molecule has 0 aromatic heterocycles. The zero-order chi connectivity index (χ0) is 25.1. The molecule has 0 nitrogen and oxygen atoms in total. The van der Waals surface area contributed by atoms with Crippen molar-refractivity contribution in [2.45, 2.75) is 72.6 Å². The molecule has 1 aliphatic carbocycles. The minimum Gasteiger partial charge on any atom is -0.168 e. The van der Waals surface area contributed by atoms with E-state index in [1.807, 2.05) is 0 Å².